The minimum Gasteiger partial charge on any atom is -0.491 e. The van der Waals surface area contributed by atoms with Crippen LogP contribution in [0.5, 0.6) is 5.75 Å². The summed E-state index contributed by atoms with van der Waals surface area (Å²) in [6.07, 6.45) is 7.81. The van der Waals surface area contributed by atoms with Crippen LogP contribution >= 0.6 is 0 Å². The van der Waals surface area contributed by atoms with Crippen LogP contribution in [0.25, 0.3) is 0 Å². The van der Waals surface area contributed by atoms with Gasteiger partial charge in [-0.25, -0.2) is 0 Å². The minimum atomic E-state index is 0.249. The van der Waals surface area contributed by atoms with Crippen molar-refractivity contribution in [1.82, 2.24) is 0 Å². The van der Waals surface area contributed by atoms with Gasteiger partial charge in [0.2, 0.25) is 0 Å². The molecule has 0 aromatic heterocycles. The second-order valence-electron chi connectivity index (χ2n) is 9.24. The van der Waals surface area contributed by atoms with Crippen molar-refractivity contribution in [2.45, 2.75) is 76.9 Å². The van der Waals surface area contributed by atoms with Gasteiger partial charge in [0.05, 0.1) is 6.10 Å². The third-order valence-electron chi connectivity index (χ3n) is 7.38. The maximum atomic E-state index is 5.80. The zero-order valence-electron chi connectivity index (χ0n) is 15.2. The van der Waals surface area contributed by atoms with E-state index in [2.05, 4.69) is 52.0 Å². The fourth-order valence-electron chi connectivity index (χ4n) is 6.08. The number of hydrogen-bond acceptors (Lipinski definition) is 1. The van der Waals surface area contributed by atoms with Gasteiger partial charge in [0, 0.05) is 0 Å². The molecule has 0 amide bonds. The van der Waals surface area contributed by atoms with Crippen molar-refractivity contribution in [1.29, 1.82) is 0 Å². The Morgan fingerprint density at radius 2 is 1.87 bits per heavy atom. The van der Waals surface area contributed by atoms with Crippen molar-refractivity contribution in [3.63, 3.8) is 0 Å². The molecule has 3 aliphatic rings. The van der Waals surface area contributed by atoms with E-state index in [-0.39, 0.29) is 6.10 Å². The third-order valence-corrected chi connectivity index (χ3v) is 7.38. The van der Waals surface area contributed by atoms with E-state index in [1.165, 1.54) is 31.1 Å². The molecule has 124 valence electrons. The maximum Gasteiger partial charge on any atom is 0.143 e. The van der Waals surface area contributed by atoms with Gasteiger partial charge in [-0.15, -0.1) is 0 Å². The second-order valence-corrected chi connectivity index (χ2v) is 9.24. The zero-order valence-corrected chi connectivity index (χ0v) is 15.2. The van der Waals surface area contributed by atoms with Crippen LogP contribution in [0.15, 0.2) is 24.3 Å². The van der Waals surface area contributed by atoms with Crippen LogP contribution in [0.1, 0.15) is 52.5 Å². The quantitative estimate of drug-likeness (QED) is 0.650. The third kappa shape index (κ3) is 2.63. The summed E-state index contributed by atoms with van der Waals surface area (Å²) in [7, 11) is 0. The van der Waals surface area contributed by atoms with Gasteiger partial charge >= 0.3 is 0 Å². The Kier molecular flexibility index (Phi) is 3.78. The first-order valence-corrected chi connectivity index (χ1v) is 9.72. The Labute approximate surface area is 142 Å². The Hall–Kier alpha value is -0.915. The molecule has 1 aromatic carbocycles. The molecule has 0 radical (unpaired) electrons. The summed E-state index contributed by atoms with van der Waals surface area (Å²) in [5.41, 5.74) is 1.78. The summed E-state index contributed by atoms with van der Waals surface area (Å²) < 4.78 is 5.80. The van der Waals surface area contributed by atoms with E-state index in [0.29, 0.717) is 5.41 Å². The second kappa shape index (κ2) is 5.57. The van der Waals surface area contributed by atoms with Crippen molar-refractivity contribution in [2.75, 3.05) is 0 Å². The van der Waals surface area contributed by atoms with Gasteiger partial charge in [-0.1, -0.05) is 57.3 Å². The molecule has 1 saturated carbocycles. The van der Waals surface area contributed by atoms with Gasteiger partial charge in [0.15, 0.2) is 0 Å². The lowest BCUT2D eigenvalue weighted by molar-refractivity contribution is 0.242. The maximum absolute atomic E-state index is 5.80. The Balaban J connectivity index is 1.49. The Bertz CT molecular complexity index is 544. The van der Waals surface area contributed by atoms with E-state index in [9.17, 15) is 0 Å². The van der Waals surface area contributed by atoms with E-state index < -0.39 is 0 Å². The highest BCUT2D eigenvalue weighted by Gasteiger charge is 2.55. The Morgan fingerprint density at radius 3 is 2.52 bits per heavy atom. The van der Waals surface area contributed by atoms with E-state index in [0.717, 1.165) is 36.0 Å². The molecule has 0 N–H and O–H groups in total. The van der Waals surface area contributed by atoms with Crippen LogP contribution in [0.3, 0.4) is 0 Å². The van der Waals surface area contributed by atoms with Gasteiger partial charge in [-0.3, -0.25) is 0 Å². The molecule has 2 aliphatic heterocycles. The molecule has 2 heterocycles. The number of ether oxygens (including phenoxy) is 1. The van der Waals surface area contributed by atoms with Crippen LogP contribution in [0.4, 0.5) is 0 Å². The zero-order chi connectivity index (χ0) is 16.2. The van der Waals surface area contributed by atoms with Gasteiger partial charge in [-0.2, -0.15) is 0 Å². The molecule has 3 fully saturated rings. The molecule has 4 atom stereocenters. The summed E-state index contributed by atoms with van der Waals surface area (Å²) in [6.45, 7) is 10.2. The minimum absolute atomic E-state index is 0.249. The highest BCUT2D eigenvalue weighted by molar-refractivity contribution is 6.62. The first kappa shape index (κ1) is 15.6. The summed E-state index contributed by atoms with van der Waals surface area (Å²) in [4.78, 5) is 0. The fraction of sp³-hybridized carbons (Fsp3) is 0.714. The van der Waals surface area contributed by atoms with Crippen molar-refractivity contribution in [2.24, 2.45) is 17.8 Å². The smallest absolute Gasteiger partial charge is 0.143 e. The van der Waals surface area contributed by atoms with E-state index in [4.69, 9.17) is 4.74 Å². The SMILES string of the molecule is CC(C)Oc1ccc(C(C)(C)C2CC3B4CCC(C4)C3C2)cc1. The van der Waals surface area contributed by atoms with Gasteiger partial charge in [0.25, 0.3) is 0 Å². The van der Waals surface area contributed by atoms with Gasteiger partial charge in [0.1, 0.15) is 12.5 Å². The number of hydrogen-bond donors (Lipinski definition) is 0. The van der Waals surface area contributed by atoms with E-state index in [1.807, 2.05) is 0 Å². The highest BCUT2D eigenvalue weighted by Crippen LogP contribution is 2.62. The Morgan fingerprint density at radius 1 is 1.13 bits per heavy atom. The first-order chi connectivity index (χ1) is 10.9. The van der Waals surface area contributed by atoms with Crippen LogP contribution in [-0.4, -0.2) is 12.8 Å². The topological polar surface area (TPSA) is 9.23 Å². The molecule has 2 heteroatoms. The summed E-state index contributed by atoms with van der Waals surface area (Å²) >= 11 is 0. The summed E-state index contributed by atoms with van der Waals surface area (Å²) in [6, 6.07) is 8.94. The molecule has 1 aliphatic carbocycles. The van der Waals surface area contributed by atoms with Crippen molar-refractivity contribution >= 4 is 6.71 Å². The summed E-state index contributed by atoms with van der Waals surface area (Å²) in [5, 5.41) is 0. The predicted octanol–water partition coefficient (Wildman–Crippen LogP) is 5.68. The molecule has 2 saturated heterocycles. The van der Waals surface area contributed by atoms with E-state index in [1.54, 1.807) is 6.32 Å². The molecule has 4 rings (SSSR count). The molecule has 23 heavy (non-hydrogen) atoms. The number of benzene rings is 1. The predicted molar refractivity (Wildman–Crippen MR) is 98.7 cm³/mol. The average Bonchev–Trinajstić information content (AvgIpc) is 3.20. The van der Waals surface area contributed by atoms with Gasteiger partial charge in [-0.05, 0) is 61.1 Å². The number of rotatable bonds is 4. The lowest BCUT2D eigenvalue weighted by Gasteiger charge is -2.33. The van der Waals surface area contributed by atoms with Crippen LogP contribution < -0.4 is 4.74 Å². The van der Waals surface area contributed by atoms with Crippen LogP contribution in [0.2, 0.25) is 18.5 Å². The lowest BCUT2D eigenvalue weighted by Crippen LogP contribution is -2.27. The normalized spacial score (nSPS) is 32.7. The molecular formula is C21H31BO. The first-order valence-electron chi connectivity index (χ1n) is 9.72. The lowest BCUT2D eigenvalue weighted by atomic mass is 9.40. The van der Waals surface area contributed by atoms with Crippen LogP contribution in [0, 0.1) is 17.8 Å². The van der Waals surface area contributed by atoms with Crippen molar-refractivity contribution in [3.8, 4) is 5.75 Å². The molecule has 2 bridgehead atoms. The van der Waals surface area contributed by atoms with Crippen molar-refractivity contribution in [3.05, 3.63) is 29.8 Å². The molecular weight excluding hydrogens is 279 g/mol. The molecule has 4 unspecified atom stereocenters. The average molecular weight is 310 g/mol. The standard InChI is InChI=1S/C21H31BO/c1-14(2)23-18-7-5-16(6-8-18)21(3,4)17-11-19-15-9-10-22(13-15)20(19)12-17/h5-8,14-15,17,19-20H,9-13H2,1-4H3. The molecule has 1 aromatic rings. The molecule has 0 spiro atoms. The van der Waals surface area contributed by atoms with Crippen LogP contribution in [-0.2, 0) is 5.41 Å². The largest absolute Gasteiger partial charge is 0.491 e. The molecule has 1 nitrogen and oxygen atoms in total. The van der Waals surface area contributed by atoms with Gasteiger partial charge < -0.3 is 4.74 Å². The highest BCUT2D eigenvalue weighted by atomic mass is 16.5. The summed E-state index contributed by atoms with van der Waals surface area (Å²) in [5.74, 6) is 5.05. The monoisotopic (exact) mass is 310 g/mol. The fourth-order valence-corrected chi connectivity index (χ4v) is 6.08. The van der Waals surface area contributed by atoms with E-state index >= 15 is 0 Å². The van der Waals surface area contributed by atoms with Crippen molar-refractivity contribution < 1.29 is 4.74 Å². The number of fused-ring (bicyclic) bond motifs is 5.